The van der Waals surface area contributed by atoms with E-state index in [-0.39, 0.29) is 12.6 Å². The minimum atomic E-state index is -0.801. The van der Waals surface area contributed by atoms with E-state index in [1.54, 1.807) is 7.11 Å². The molecule has 1 aliphatic heterocycles. The van der Waals surface area contributed by atoms with E-state index < -0.39 is 17.7 Å². The molecule has 0 amide bonds. The number of methoxy groups -OCH3 is 1. The fourth-order valence-corrected chi connectivity index (χ4v) is 5.42. The first kappa shape index (κ1) is 24.8. The second kappa shape index (κ2) is 11.0. The molecule has 0 aromatic heterocycles. The zero-order chi connectivity index (χ0) is 25.7. The number of β-amino-alcohol motifs (C(OH)–C–C–N with tert-alkyl or cyclic N) is 1. The molecule has 4 aromatic rings. The molecule has 37 heavy (non-hydrogen) atoms. The Morgan fingerprint density at radius 1 is 0.811 bits per heavy atom. The van der Waals surface area contributed by atoms with E-state index in [0.29, 0.717) is 13.0 Å². The maximum Gasteiger partial charge on any atom is 0.323 e. The van der Waals surface area contributed by atoms with Gasteiger partial charge in [-0.05, 0) is 34.4 Å². The average molecular weight is 494 g/mol. The number of esters is 1. The third-order valence-corrected chi connectivity index (χ3v) is 7.10. The Balaban J connectivity index is 1.57. The molecule has 1 fully saturated rings. The molecule has 1 N–H and O–H groups in total. The first-order chi connectivity index (χ1) is 18.1. The minimum Gasteiger partial charge on any atom is -0.497 e. The quantitative estimate of drug-likeness (QED) is 0.271. The third-order valence-electron chi connectivity index (χ3n) is 7.10. The monoisotopic (exact) mass is 493 g/mol. The van der Waals surface area contributed by atoms with Crippen LogP contribution in [0.15, 0.2) is 115 Å². The molecule has 1 aliphatic rings. The molecular formula is C32H31NO4. The van der Waals surface area contributed by atoms with Crippen LogP contribution < -0.4 is 4.74 Å². The van der Waals surface area contributed by atoms with E-state index in [2.05, 4.69) is 41.3 Å². The summed E-state index contributed by atoms with van der Waals surface area (Å²) in [6.45, 7) is 0.485. The van der Waals surface area contributed by atoms with Crippen molar-refractivity contribution in [1.29, 1.82) is 0 Å². The fourth-order valence-electron chi connectivity index (χ4n) is 5.42. The highest BCUT2D eigenvalue weighted by molar-refractivity contribution is 5.77. The van der Waals surface area contributed by atoms with Gasteiger partial charge in [-0.2, -0.15) is 0 Å². The van der Waals surface area contributed by atoms with Crippen LogP contribution in [-0.4, -0.2) is 41.8 Å². The predicted octanol–water partition coefficient (Wildman–Crippen LogP) is 5.17. The number of hydrogen-bond acceptors (Lipinski definition) is 5. The highest BCUT2D eigenvalue weighted by Gasteiger charge is 2.51. The van der Waals surface area contributed by atoms with Gasteiger partial charge in [0.1, 0.15) is 18.4 Å². The van der Waals surface area contributed by atoms with Crippen LogP contribution in [0.1, 0.15) is 28.7 Å². The number of carbonyl (C=O) groups is 1. The average Bonchev–Trinajstić information content (AvgIpc) is 3.36. The first-order valence-electron chi connectivity index (χ1n) is 12.5. The van der Waals surface area contributed by atoms with Crippen molar-refractivity contribution in [3.63, 3.8) is 0 Å². The summed E-state index contributed by atoms with van der Waals surface area (Å²) in [5, 5.41) is 10.9. The molecule has 0 unspecified atom stereocenters. The molecule has 1 heterocycles. The molecule has 0 radical (unpaired) electrons. The molecule has 5 nitrogen and oxygen atoms in total. The lowest BCUT2D eigenvalue weighted by Crippen LogP contribution is -2.53. The highest BCUT2D eigenvalue weighted by Crippen LogP contribution is 2.46. The normalized spacial score (nSPS) is 17.9. The van der Waals surface area contributed by atoms with E-state index in [9.17, 15) is 9.90 Å². The van der Waals surface area contributed by atoms with Crippen molar-refractivity contribution >= 4 is 5.97 Å². The summed E-state index contributed by atoms with van der Waals surface area (Å²) in [4.78, 5) is 15.8. The molecule has 0 bridgehead atoms. The lowest BCUT2D eigenvalue weighted by atomic mass is 9.75. The Hall–Kier alpha value is -3.93. The summed E-state index contributed by atoms with van der Waals surface area (Å²) in [5.74, 6) is 0.401. The summed E-state index contributed by atoms with van der Waals surface area (Å²) >= 11 is 0. The number of rotatable bonds is 8. The smallest absolute Gasteiger partial charge is 0.323 e. The molecule has 4 aromatic carbocycles. The standard InChI is InChI=1S/C32H31NO4/c1-36-29-19-17-24(18-20-29)23-37-31(35)30-21-28(34)22-33(30)32(25-11-5-2-6-12-25,26-13-7-3-8-14-26)27-15-9-4-10-16-27/h2-20,28,30,34H,21-23H2,1H3/t28-,30+/m1/s1. The van der Waals surface area contributed by atoms with Gasteiger partial charge in [-0.25, -0.2) is 0 Å². The van der Waals surface area contributed by atoms with Gasteiger partial charge in [0.25, 0.3) is 0 Å². The van der Waals surface area contributed by atoms with Gasteiger partial charge in [0.15, 0.2) is 0 Å². The van der Waals surface area contributed by atoms with Gasteiger partial charge in [-0.3, -0.25) is 9.69 Å². The van der Waals surface area contributed by atoms with Crippen molar-refractivity contribution in [2.75, 3.05) is 13.7 Å². The Morgan fingerprint density at radius 3 is 1.76 bits per heavy atom. The first-order valence-corrected chi connectivity index (χ1v) is 12.5. The van der Waals surface area contributed by atoms with Gasteiger partial charge >= 0.3 is 5.97 Å². The fraction of sp³-hybridized carbons (Fsp3) is 0.219. The molecular weight excluding hydrogens is 462 g/mol. The van der Waals surface area contributed by atoms with Gasteiger partial charge in [0.2, 0.25) is 0 Å². The zero-order valence-corrected chi connectivity index (χ0v) is 20.9. The van der Waals surface area contributed by atoms with E-state index in [1.165, 1.54) is 0 Å². The van der Waals surface area contributed by atoms with Gasteiger partial charge in [0.05, 0.1) is 18.8 Å². The van der Waals surface area contributed by atoms with E-state index in [4.69, 9.17) is 9.47 Å². The predicted molar refractivity (Wildman–Crippen MR) is 143 cm³/mol. The highest BCUT2D eigenvalue weighted by atomic mass is 16.5. The number of aliphatic hydroxyl groups is 1. The second-order valence-electron chi connectivity index (χ2n) is 9.32. The number of benzene rings is 4. The minimum absolute atomic E-state index is 0.151. The summed E-state index contributed by atoms with van der Waals surface area (Å²) in [5.41, 5.74) is 3.14. The Morgan fingerprint density at radius 2 is 1.30 bits per heavy atom. The van der Waals surface area contributed by atoms with Crippen molar-refractivity contribution in [2.45, 2.75) is 30.7 Å². The molecule has 2 atom stereocenters. The Bertz CT molecular complexity index is 1200. The SMILES string of the molecule is COc1ccc(COC(=O)[C@@H]2C[C@@H](O)CN2C(c2ccccc2)(c2ccccc2)c2ccccc2)cc1. The van der Waals surface area contributed by atoms with Crippen LogP contribution in [0.3, 0.4) is 0 Å². The Labute approximate surface area is 217 Å². The van der Waals surface area contributed by atoms with Crippen molar-refractivity contribution in [2.24, 2.45) is 0 Å². The number of hydrogen-bond donors (Lipinski definition) is 1. The maximum atomic E-state index is 13.6. The van der Waals surface area contributed by atoms with Crippen LogP contribution in [0.2, 0.25) is 0 Å². The lowest BCUT2D eigenvalue weighted by Gasteiger charge is -2.45. The van der Waals surface area contributed by atoms with E-state index in [1.807, 2.05) is 78.9 Å². The van der Waals surface area contributed by atoms with Crippen LogP contribution in [-0.2, 0) is 21.7 Å². The number of ether oxygens (including phenoxy) is 2. The third kappa shape index (κ3) is 4.88. The molecule has 0 aliphatic carbocycles. The summed E-state index contributed by atoms with van der Waals surface area (Å²) in [7, 11) is 1.62. The topological polar surface area (TPSA) is 59.0 Å². The molecule has 1 saturated heterocycles. The van der Waals surface area contributed by atoms with Crippen molar-refractivity contribution in [1.82, 2.24) is 4.90 Å². The number of likely N-dealkylation sites (tertiary alicyclic amines) is 1. The van der Waals surface area contributed by atoms with E-state index >= 15 is 0 Å². The van der Waals surface area contributed by atoms with Gasteiger partial charge in [0, 0.05) is 13.0 Å². The molecule has 5 rings (SSSR count). The summed E-state index contributed by atoms with van der Waals surface area (Å²) in [6, 6.07) is 37.4. The van der Waals surface area contributed by atoms with Crippen LogP contribution >= 0.6 is 0 Å². The number of nitrogens with zero attached hydrogens (tertiary/aromatic N) is 1. The van der Waals surface area contributed by atoms with Crippen molar-refractivity contribution < 1.29 is 19.4 Å². The van der Waals surface area contributed by atoms with Gasteiger partial charge < -0.3 is 14.6 Å². The van der Waals surface area contributed by atoms with Gasteiger partial charge in [-0.15, -0.1) is 0 Å². The summed E-state index contributed by atoms with van der Waals surface area (Å²) < 4.78 is 11.1. The molecule has 0 saturated carbocycles. The maximum absolute atomic E-state index is 13.6. The lowest BCUT2D eigenvalue weighted by molar-refractivity contribution is -0.151. The van der Waals surface area contributed by atoms with Crippen molar-refractivity contribution in [3.8, 4) is 5.75 Å². The van der Waals surface area contributed by atoms with Crippen LogP contribution in [0.5, 0.6) is 5.75 Å². The van der Waals surface area contributed by atoms with Crippen molar-refractivity contribution in [3.05, 3.63) is 138 Å². The molecule has 188 valence electrons. The van der Waals surface area contributed by atoms with Crippen LogP contribution in [0.4, 0.5) is 0 Å². The largest absolute Gasteiger partial charge is 0.497 e. The Kier molecular flexibility index (Phi) is 7.35. The van der Waals surface area contributed by atoms with E-state index in [0.717, 1.165) is 28.0 Å². The molecule has 5 heteroatoms. The van der Waals surface area contributed by atoms with Crippen LogP contribution in [0.25, 0.3) is 0 Å². The summed E-state index contributed by atoms with van der Waals surface area (Å²) in [6.07, 6.45) is -0.357. The number of carbonyl (C=O) groups excluding carboxylic acids is 1. The number of aliphatic hydroxyl groups excluding tert-OH is 1. The second-order valence-corrected chi connectivity index (χ2v) is 9.32. The molecule has 0 spiro atoms. The zero-order valence-electron chi connectivity index (χ0n) is 20.9. The van der Waals surface area contributed by atoms with Gasteiger partial charge in [-0.1, -0.05) is 103 Å². The van der Waals surface area contributed by atoms with Crippen LogP contribution in [0, 0.1) is 0 Å².